The van der Waals surface area contributed by atoms with Crippen LogP contribution in [0.2, 0.25) is 0 Å². The van der Waals surface area contributed by atoms with Gasteiger partial charge in [-0.15, -0.1) is 5.10 Å². The highest BCUT2D eigenvalue weighted by Crippen LogP contribution is 2.26. The summed E-state index contributed by atoms with van der Waals surface area (Å²) < 4.78 is 1.72. The van der Waals surface area contributed by atoms with Gasteiger partial charge in [-0.3, -0.25) is 4.79 Å². The number of benzene rings is 1. The number of hydrogen-bond donors (Lipinski definition) is 2. The quantitative estimate of drug-likeness (QED) is 0.779. The number of rotatable bonds is 3. The normalized spacial score (nSPS) is 10.7. The van der Waals surface area contributed by atoms with Gasteiger partial charge in [-0.2, -0.15) is 0 Å². The Morgan fingerprint density at radius 1 is 1.18 bits per heavy atom. The van der Waals surface area contributed by atoms with Crippen molar-refractivity contribution in [2.45, 2.75) is 13.8 Å². The smallest absolute Gasteiger partial charge is 0.255 e. The summed E-state index contributed by atoms with van der Waals surface area (Å²) in [5.74, 6) is 0.401. The zero-order valence-electron chi connectivity index (χ0n) is 12.7. The molecule has 3 rings (SSSR count). The van der Waals surface area contributed by atoms with Gasteiger partial charge in [0, 0.05) is 24.0 Å². The minimum Gasteiger partial charge on any atom is -0.370 e. The number of nitrogens with one attached hydrogen (secondary N) is 2. The van der Waals surface area contributed by atoms with E-state index >= 15 is 0 Å². The van der Waals surface area contributed by atoms with E-state index in [1.54, 1.807) is 23.7 Å². The summed E-state index contributed by atoms with van der Waals surface area (Å²) >= 11 is 0. The summed E-state index contributed by atoms with van der Waals surface area (Å²) in [6, 6.07) is 11.0. The van der Waals surface area contributed by atoms with Crippen molar-refractivity contribution in [3.05, 3.63) is 53.3 Å². The highest BCUT2D eigenvalue weighted by Gasteiger charge is 2.17. The SMILES string of the molecule is CNc1nn2c(C)cc(C)nc2c1NC(=O)c1ccccc1. The molecule has 3 aromatic rings. The Bertz CT molecular complexity index is 839. The van der Waals surface area contributed by atoms with E-state index in [0.29, 0.717) is 22.7 Å². The number of nitrogens with zero attached hydrogens (tertiary/aromatic N) is 3. The number of amides is 1. The van der Waals surface area contributed by atoms with E-state index < -0.39 is 0 Å². The van der Waals surface area contributed by atoms with Gasteiger partial charge < -0.3 is 10.6 Å². The second-order valence-corrected chi connectivity index (χ2v) is 5.07. The van der Waals surface area contributed by atoms with Gasteiger partial charge in [-0.25, -0.2) is 9.50 Å². The third-order valence-electron chi connectivity index (χ3n) is 3.41. The molecule has 0 saturated heterocycles. The van der Waals surface area contributed by atoms with Crippen LogP contribution in [-0.2, 0) is 0 Å². The van der Waals surface area contributed by atoms with Crippen LogP contribution in [0.3, 0.4) is 0 Å². The van der Waals surface area contributed by atoms with Crippen molar-refractivity contribution in [3.8, 4) is 0 Å². The molecular weight excluding hydrogens is 278 g/mol. The Morgan fingerprint density at radius 3 is 2.59 bits per heavy atom. The maximum Gasteiger partial charge on any atom is 0.255 e. The molecule has 112 valence electrons. The van der Waals surface area contributed by atoms with Crippen molar-refractivity contribution < 1.29 is 4.79 Å². The second-order valence-electron chi connectivity index (χ2n) is 5.07. The third-order valence-corrected chi connectivity index (χ3v) is 3.41. The number of carbonyl (C=O) groups is 1. The molecule has 22 heavy (non-hydrogen) atoms. The van der Waals surface area contributed by atoms with Crippen molar-refractivity contribution in [2.24, 2.45) is 0 Å². The number of aromatic nitrogens is 3. The maximum absolute atomic E-state index is 12.4. The monoisotopic (exact) mass is 295 g/mol. The molecule has 0 aliphatic rings. The molecule has 0 saturated carbocycles. The zero-order valence-corrected chi connectivity index (χ0v) is 12.7. The average Bonchev–Trinajstić information content (AvgIpc) is 2.86. The van der Waals surface area contributed by atoms with Crippen LogP contribution in [-0.4, -0.2) is 27.6 Å². The number of hydrogen-bond acceptors (Lipinski definition) is 4. The van der Waals surface area contributed by atoms with Crippen molar-refractivity contribution in [1.29, 1.82) is 0 Å². The van der Waals surface area contributed by atoms with Crippen LogP contribution in [0, 0.1) is 13.8 Å². The summed E-state index contributed by atoms with van der Waals surface area (Å²) in [6.07, 6.45) is 0. The highest BCUT2D eigenvalue weighted by molar-refractivity contribution is 6.08. The number of anilines is 2. The lowest BCUT2D eigenvalue weighted by atomic mass is 10.2. The first kappa shape index (κ1) is 14.1. The molecule has 0 aliphatic carbocycles. The Labute approximate surface area is 128 Å². The fourth-order valence-electron chi connectivity index (χ4n) is 2.39. The van der Waals surface area contributed by atoms with Crippen molar-refractivity contribution in [3.63, 3.8) is 0 Å². The standard InChI is InChI=1S/C16H17N5O/c1-10-9-11(2)21-15(18-10)13(14(17-3)20-21)19-16(22)12-7-5-4-6-8-12/h4-9H,1-3H3,(H,17,20)(H,19,22). The zero-order chi connectivity index (χ0) is 15.7. The molecule has 0 unspecified atom stereocenters. The van der Waals surface area contributed by atoms with E-state index in [0.717, 1.165) is 11.4 Å². The summed E-state index contributed by atoms with van der Waals surface area (Å²) in [4.78, 5) is 16.9. The average molecular weight is 295 g/mol. The molecule has 0 fully saturated rings. The highest BCUT2D eigenvalue weighted by atomic mass is 16.1. The van der Waals surface area contributed by atoms with Crippen molar-refractivity contribution in [2.75, 3.05) is 17.7 Å². The van der Waals surface area contributed by atoms with Gasteiger partial charge in [0.2, 0.25) is 0 Å². The van der Waals surface area contributed by atoms with Gasteiger partial charge in [0.25, 0.3) is 5.91 Å². The fourth-order valence-corrected chi connectivity index (χ4v) is 2.39. The minimum atomic E-state index is -0.187. The first-order valence-corrected chi connectivity index (χ1v) is 7.01. The van der Waals surface area contributed by atoms with Gasteiger partial charge in [0.05, 0.1) is 0 Å². The minimum absolute atomic E-state index is 0.187. The fraction of sp³-hybridized carbons (Fsp3) is 0.188. The molecule has 1 aromatic carbocycles. The van der Waals surface area contributed by atoms with Crippen LogP contribution in [0.25, 0.3) is 5.65 Å². The van der Waals surface area contributed by atoms with Crippen LogP contribution in [0.1, 0.15) is 21.7 Å². The lowest BCUT2D eigenvalue weighted by molar-refractivity contribution is 0.102. The van der Waals surface area contributed by atoms with Crippen LogP contribution in [0.15, 0.2) is 36.4 Å². The van der Waals surface area contributed by atoms with E-state index in [-0.39, 0.29) is 5.91 Å². The van der Waals surface area contributed by atoms with Gasteiger partial charge >= 0.3 is 0 Å². The summed E-state index contributed by atoms with van der Waals surface area (Å²) in [5, 5.41) is 10.4. The molecular formula is C16H17N5O. The molecule has 6 nitrogen and oxygen atoms in total. The third kappa shape index (κ3) is 2.39. The Balaban J connectivity index is 2.08. The molecule has 0 spiro atoms. The van der Waals surface area contributed by atoms with Crippen molar-refractivity contribution >= 4 is 23.1 Å². The van der Waals surface area contributed by atoms with Gasteiger partial charge in [-0.05, 0) is 32.0 Å². The number of aryl methyl sites for hydroxylation is 2. The van der Waals surface area contributed by atoms with E-state index in [4.69, 9.17) is 0 Å². The maximum atomic E-state index is 12.4. The first-order valence-electron chi connectivity index (χ1n) is 7.01. The van der Waals surface area contributed by atoms with E-state index in [2.05, 4.69) is 20.7 Å². The topological polar surface area (TPSA) is 71.3 Å². The molecule has 2 aromatic heterocycles. The number of carbonyl (C=O) groups excluding carboxylic acids is 1. The van der Waals surface area contributed by atoms with Crippen LogP contribution in [0.5, 0.6) is 0 Å². The Kier molecular flexibility index (Phi) is 3.50. The van der Waals surface area contributed by atoms with Crippen molar-refractivity contribution in [1.82, 2.24) is 14.6 Å². The first-order chi connectivity index (χ1) is 10.6. The summed E-state index contributed by atoms with van der Waals surface area (Å²) in [6.45, 7) is 3.87. The van der Waals surface area contributed by atoms with E-state index in [1.807, 2.05) is 38.1 Å². The molecule has 0 aliphatic heterocycles. The second kappa shape index (κ2) is 5.48. The Hall–Kier alpha value is -2.89. The molecule has 0 atom stereocenters. The van der Waals surface area contributed by atoms with Gasteiger partial charge in [-0.1, -0.05) is 18.2 Å². The van der Waals surface area contributed by atoms with Gasteiger partial charge in [0.15, 0.2) is 11.5 Å². The molecule has 0 radical (unpaired) electrons. The summed E-state index contributed by atoms with van der Waals surface area (Å²) in [7, 11) is 1.77. The van der Waals surface area contributed by atoms with Crippen LogP contribution >= 0.6 is 0 Å². The van der Waals surface area contributed by atoms with Crippen LogP contribution < -0.4 is 10.6 Å². The number of fused-ring (bicyclic) bond motifs is 1. The predicted molar refractivity (Wildman–Crippen MR) is 86.4 cm³/mol. The lowest BCUT2D eigenvalue weighted by Crippen LogP contribution is -2.13. The Morgan fingerprint density at radius 2 is 1.91 bits per heavy atom. The molecule has 6 heteroatoms. The molecule has 2 heterocycles. The molecule has 2 N–H and O–H groups in total. The molecule has 0 bridgehead atoms. The van der Waals surface area contributed by atoms with E-state index in [1.165, 1.54) is 0 Å². The summed E-state index contributed by atoms with van der Waals surface area (Å²) in [5.41, 5.74) is 3.64. The largest absolute Gasteiger partial charge is 0.370 e. The van der Waals surface area contributed by atoms with Gasteiger partial charge in [0.1, 0.15) is 5.69 Å². The lowest BCUT2D eigenvalue weighted by Gasteiger charge is -2.06. The molecule has 1 amide bonds. The van der Waals surface area contributed by atoms with E-state index in [9.17, 15) is 4.79 Å². The predicted octanol–water partition coefficient (Wildman–Crippen LogP) is 2.64. The van der Waals surface area contributed by atoms with Crippen LogP contribution in [0.4, 0.5) is 11.5 Å².